The molecule has 3 saturated carbocycles. The molecule has 0 aromatic heterocycles. The molecule has 6 atom stereocenters. The van der Waals surface area contributed by atoms with E-state index in [1.54, 1.807) is 0 Å². The number of aliphatic hydroxyl groups excluding tert-OH is 1. The molecule has 0 bridgehead atoms. The summed E-state index contributed by atoms with van der Waals surface area (Å²) in [6.45, 7) is 4.45. The lowest BCUT2D eigenvalue weighted by molar-refractivity contribution is -0.125. The summed E-state index contributed by atoms with van der Waals surface area (Å²) in [4.78, 5) is 11.9. The minimum Gasteiger partial charge on any atom is -0.411 e. The van der Waals surface area contributed by atoms with Crippen LogP contribution < -0.4 is 0 Å². The number of hydrogen-bond acceptors (Lipinski definition) is 4. The van der Waals surface area contributed by atoms with Crippen LogP contribution >= 0.6 is 0 Å². The molecule has 0 aliphatic heterocycles. The number of carbonyl (C=O) groups excluding carboxylic acids is 1. The van der Waals surface area contributed by atoms with Crippen LogP contribution in [0.4, 0.5) is 0 Å². The normalized spacial score (nSPS) is 51.0. The zero-order chi connectivity index (χ0) is 16.4. The van der Waals surface area contributed by atoms with Gasteiger partial charge in [-0.05, 0) is 62.4 Å². The number of oxime groups is 1. The number of ketones is 1. The van der Waals surface area contributed by atoms with Crippen molar-refractivity contribution in [1.29, 1.82) is 0 Å². The molecule has 4 nitrogen and oxygen atoms in total. The van der Waals surface area contributed by atoms with Gasteiger partial charge in [0.05, 0.1) is 11.8 Å². The van der Waals surface area contributed by atoms with Gasteiger partial charge in [0.25, 0.3) is 0 Å². The lowest BCUT2D eigenvalue weighted by atomic mass is 9.47. The third-order valence-electron chi connectivity index (χ3n) is 7.93. The summed E-state index contributed by atoms with van der Waals surface area (Å²) in [7, 11) is 0. The summed E-state index contributed by atoms with van der Waals surface area (Å²) in [5.41, 5.74) is 1.95. The summed E-state index contributed by atoms with van der Waals surface area (Å²) in [5.74, 6) is 1.65. The van der Waals surface area contributed by atoms with Crippen LogP contribution in [0.1, 0.15) is 58.8 Å². The zero-order valence-electron chi connectivity index (χ0n) is 14.1. The van der Waals surface area contributed by atoms with E-state index >= 15 is 0 Å². The standard InChI is InChI=1S/C19H27NO3/c1-18-8-7-15-13(14(18)5-6-16(18)20-23)4-3-11-9-12(21)10-17(22)19(11,15)2/h9,13-15,17,22-23H,3-8,10H2,1-2H3. The highest BCUT2D eigenvalue weighted by Crippen LogP contribution is 2.64. The summed E-state index contributed by atoms with van der Waals surface area (Å²) >= 11 is 0. The first-order chi connectivity index (χ1) is 10.9. The van der Waals surface area contributed by atoms with Crippen molar-refractivity contribution in [2.75, 3.05) is 0 Å². The molecule has 23 heavy (non-hydrogen) atoms. The molecule has 6 unspecified atom stereocenters. The molecule has 2 N–H and O–H groups in total. The topological polar surface area (TPSA) is 69.9 Å². The third kappa shape index (κ3) is 1.87. The van der Waals surface area contributed by atoms with E-state index in [2.05, 4.69) is 19.0 Å². The van der Waals surface area contributed by atoms with E-state index < -0.39 is 6.10 Å². The molecular formula is C19H27NO3. The predicted molar refractivity (Wildman–Crippen MR) is 87.3 cm³/mol. The molecule has 0 aromatic rings. The second-order valence-corrected chi connectivity index (χ2v) is 8.60. The fourth-order valence-electron chi connectivity index (χ4n) is 6.56. The Hall–Kier alpha value is -1.16. The maximum Gasteiger partial charge on any atom is 0.158 e. The van der Waals surface area contributed by atoms with Crippen LogP contribution in [0.2, 0.25) is 0 Å². The SMILES string of the molecule is CC12CCC3C(CCC4=CC(=O)CC(O)C43C)C1CCC2=NO. The van der Waals surface area contributed by atoms with Crippen LogP contribution in [0.5, 0.6) is 0 Å². The Morgan fingerprint density at radius 1 is 1.17 bits per heavy atom. The summed E-state index contributed by atoms with van der Waals surface area (Å²) < 4.78 is 0. The fourth-order valence-corrected chi connectivity index (χ4v) is 6.56. The molecule has 0 radical (unpaired) electrons. The van der Waals surface area contributed by atoms with Gasteiger partial charge >= 0.3 is 0 Å². The highest BCUT2D eigenvalue weighted by atomic mass is 16.4. The van der Waals surface area contributed by atoms with Gasteiger partial charge < -0.3 is 10.3 Å². The smallest absolute Gasteiger partial charge is 0.158 e. The van der Waals surface area contributed by atoms with Gasteiger partial charge in [0.15, 0.2) is 5.78 Å². The summed E-state index contributed by atoms with van der Waals surface area (Å²) in [5, 5.41) is 23.7. The van der Waals surface area contributed by atoms with Crippen LogP contribution in [0.3, 0.4) is 0 Å². The minimum atomic E-state index is -0.542. The van der Waals surface area contributed by atoms with E-state index in [0.29, 0.717) is 17.8 Å². The van der Waals surface area contributed by atoms with Crippen molar-refractivity contribution in [2.45, 2.75) is 64.9 Å². The predicted octanol–water partition coefficient (Wildman–Crippen LogP) is 3.32. The van der Waals surface area contributed by atoms with Gasteiger partial charge in [-0.3, -0.25) is 4.79 Å². The van der Waals surface area contributed by atoms with Crippen molar-refractivity contribution in [3.8, 4) is 0 Å². The van der Waals surface area contributed by atoms with Crippen LogP contribution in [-0.2, 0) is 4.79 Å². The average Bonchev–Trinajstić information content (AvgIpc) is 2.85. The molecule has 0 spiro atoms. The molecule has 3 fully saturated rings. The Bertz CT molecular complexity index is 610. The number of carbonyl (C=O) groups is 1. The highest BCUT2D eigenvalue weighted by Gasteiger charge is 2.60. The van der Waals surface area contributed by atoms with E-state index in [0.717, 1.165) is 44.2 Å². The van der Waals surface area contributed by atoms with Crippen LogP contribution in [0, 0.1) is 28.6 Å². The van der Waals surface area contributed by atoms with Crippen molar-refractivity contribution in [3.63, 3.8) is 0 Å². The molecule has 4 aliphatic rings. The average molecular weight is 317 g/mol. The second kappa shape index (κ2) is 4.92. The van der Waals surface area contributed by atoms with Crippen molar-refractivity contribution < 1.29 is 15.1 Å². The fraction of sp³-hybridized carbons (Fsp3) is 0.789. The van der Waals surface area contributed by atoms with E-state index in [9.17, 15) is 15.1 Å². The molecule has 0 amide bonds. The van der Waals surface area contributed by atoms with E-state index in [4.69, 9.17) is 0 Å². The van der Waals surface area contributed by atoms with E-state index in [-0.39, 0.29) is 23.0 Å². The third-order valence-corrected chi connectivity index (χ3v) is 7.93. The van der Waals surface area contributed by atoms with Gasteiger partial charge in [-0.25, -0.2) is 0 Å². The molecule has 0 saturated heterocycles. The quantitative estimate of drug-likeness (QED) is 0.532. The Labute approximate surface area is 137 Å². The Balaban J connectivity index is 1.72. The van der Waals surface area contributed by atoms with Gasteiger partial charge in [-0.2, -0.15) is 0 Å². The number of fused-ring (bicyclic) bond motifs is 5. The van der Waals surface area contributed by atoms with Gasteiger partial charge in [0.2, 0.25) is 0 Å². The van der Waals surface area contributed by atoms with Crippen molar-refractivity contribution in [1.82, 2.24) is 0 Å². The van der Waals surface area contributed by atoms with E-state index in [1.165, 1.54) is 5.57 Å². The van der Waals surface area contributed by atoms with Crippen LogP contribution in [-0.4, -0.2) is 27.9 Å². The molecule has 4 rings (SSSR count). The molecule has 126 valence electrons. The van der Waals surface area contributed by atoms with Crippen LogP contribution in [0.15, 0.2) is 16.8 Å². The van der Waals surface area contributed by atoms with Gasteiger partial charge in [0.1, 0.15) is 0 Å². The van der Waals surface area contributed by atoms with Gasteiger partial charge in [-0.15, -0.1) is 0 Å². The lowest BCUT2D eigenvalue weighted by Crippen LogP contribution is -2.55. The zero-order valence-corrected chi connectivity index (χ0v) is 14.1. The first-order valence-corrected chi connectivity index (χ1v) is 9.04. The molecule has 0 aromatic carbocycles. The largest absolute Gasteiger partial charge is 0.411 e. The number of aliphatic hydroxyl groups is 1. The van der Waals surface area contributed by atoms with E-state index in [1.807, 2.05) is 6.08 Å². The van der Waals surface area contributed by atoms with Crippen molar-refractivity contribution in [2.24, 2.45) is 33.7 Å². The van der Waals surface area contributed by atoms with Gasteiger partial charge in [0, 0.05) is 17.3 Å². The molecule has 4 aliphatic carbocycles. The van der Waals surface area contributed by atoms with Gasteiger partial charge in [-0.1, -0.05) is 24.6 Å². The highest BCUT2D eigenvalue weighted by molar-refractivity contribution is 5.93. The Kier molecular flexibility index (Phi) is 3.29. The number of rotatable bonds is 0. The lowest BCUT2D eigenvalue weighted by Gasteiger charge is -2.58. The van der Waals surface area contributed by atoms with Crippen molar-refractivity contribution >= 4 is 11.5 Å². The summed E-state index contributed by atoms with van der Waals surface area (Å²) in [6, 6.07) is 0. The first kappa shape index (κ1) is 15.4. The maximum absolute atomic E-state index is 11.9. The summed E-state index contributed by atoms with van der Waals surface area (Å²) in [6.07, 6.45) is 7.67. The minimum absolute atomic E-state index is 0.0307. The number of hydrogen-bond donors (Lipinski definition) is 2. The molecular weight excluding hydrogens is 290 g/mol. The Morgan fingerprint density at radius 3 is 2.70 bits per heavy atom. The maximum atomic E-state index is 11.9. The van der Waals surface area contributed by atoms with Crippen molar-refractivity contribution in [3.05, 3.63) is 11.6 Å². The molecule has 0 heterocycles. The monoisotopic (exact) mass is 317 g/mol. The Morgan fingerprint density at radius 2 is 1.96 bits per heavy atom. The van der Waals surface area contributed by atoms with Crippen LogP contribution in [0.25, 0.3) is 0 Å². The second-order valence-electron chi connectivity index (χ2n) is 8.60. The molecule has 4 heteroatoms. The first-order valence-electron chi connectivity index (χ1n) is 9.04. The number of nitrogens with zero attached hydrogens (tertiary/aromatic N) is 1.